The Bertz CT molecular complexity index is 1080. The Morgan fingerprint density at radius 1 is 0.970 bits per heavy atom. The first-order valence-corrected chi connectivity index (χ1v) is 11.7. The van der Waals surface area contributed by atoms with Crippen LogP contribution in [0.2, 0.25) is 0 Å². The zero-order chi connectivity index (χ0) is 22.8. The summed E-state index contributed by atoms with van der Waals surface area (Å²) in [5.74, 6) is -1.21. The molecule has 0 spiro atoms. The second-order valence-electron chi connectivity index (χ2n) is 9.05. The van der Waals surface area contributed by atoms with E-state index >= 15 is 0 Å². The molecule has 2 fully saturated rings. The molecule has 2 aliphatic rings. The third kappa shape index (κ3) is 4.79. The van der Waals surface area contributed by atoms with Crippen LogP contribution in [-0.4, -0.2) is 35.2 Å². The number of rotatable bonds is 7. The van der Waals surface area contributed by atoms with Gasteiger partial charge in [-0.05, 0) is 60.9 Å². The topological polar surface area (TPSA) is 49.8 Å². The van der Waals surface area contributed by atoms with Gasteiger partial charge in [-0.3, -0.25) is 4.90 Å². The summed E-state index contributed by atoms with van der Waals surface area (Å²) in [5.41, 5.74) is 3.02. The van der Waals surface area contributed by atoms with Crippen LogP contribution < -0.4 is 4.74 Å². The van der Waals surface area contributed by atoms with Crippen LogP contribution >= 0.6 is 0 Å². The van der Waals surface area contributed by atoms with E-state index in [0.29, 0.717) is 5.75 Å². The van der Waals surface area contributed by atoms with Crippen molar-refractivity contribution >= 4 is 5.97 Å². The molecule has 1 saturated heterocycles. The monoisotopic (exact) mass is 445 g/mol. The maximum absolute atomic E-state index is 14.5. The molecule has 170 valence electrons. The molecule has 3 aromatic carbocycles. The Hall–Kier alpha value is -3.18. The number of carbonyl (C=O) groups is 1. The smallest absolute Gasteiger partial charge is 0.338 e. The lowest BCUT2D eigenvalue weighted by atomic mass is 9.94. The number of ether oxygens (including phenoxy) is 1. The van der Waals surface area contributed by atoms with Crippen LogP contribution in [0.15, 0.2) is 72.8 Å². The number of hydrogen-bond acceptors (Lipinski definition) is 3. The van der Waals surface area contributed by atoms with Gasteiger partial charge in [0.15, 0.2) is 0 Å². The number of aromatic carboxylic acids is 1. The van der Waals surface area contributed by atoms with Crippen molar-refractivity contribution in [3.63, 3.8) is 0 Å². The highest BCUT2D eigenvalue weighted by Gasteiger charge is 2.33. The molecule has 1 atom stereocenters. The van der Waals surface area contributed by atoms with Crippen molar-refractivity contribution in [2.45, 2.75) is 43.7 Å². The van der Waals surface area contributed by atoms with Crippen LogP contribution in [0.1, 0.15) is 64.7 Å². The second-order valence-corrected chi connectivity index (χ2v) is 9.05. The summed E-state index contributed by atoms with van der Waals surface area (Å²) in [5, 5.41) is 9.33. The first-order valence-electron chi connectivity index (χ1n) is 11.7. The molecule has 1 aliphatic carbocycles. The van der Waals surface area contributed by atoms with Gasteiger partial charge < -0.3 is 9.84 Å². The quantitative estimate of drug-likeness (QED) is 0.482. The van der Waals surface area contributed by atoms with E-state index in [2.05, 4.69) is 53.4 Å². The molecule has 1 unspecified atom stereocenters. The highest BCUT2D eigenvalue weighted by Crippen LogP contribution is 2.45. The van der Waals surface area contributed by atoms with Crippen molar-refractivity contribution in [2.24, 2.45) is 0 Å². The number of likely N-dealkylation sites (tertiary alicyclic amines) is 1. The van der Waals surface area contributed by atoms with E-state index in [4.69, 9.17) is 4.74 Å². The maximum Gasteiger partial charge on any atom is 0.338 e. The minimum Gasteiger partial charge on any atom is -0.489 e. The molecule has 0 aromatic heterocycles. The number of halogens is 1. The standard InChI is InChI=1S/C28H28FNO3/c29-25-17-26(23(19-13-14-19)16-24(25)28(31)32)33-22-12-7-15-30(18-22)27(20-8-3-1-4-9-20)21-10-5-2-6-11-21/h1-6,8-11,16-17,19,22,27H,7,12-15,18H2,(H,31,32). The Morgan fingerprint density at radius 2 is 1.61 bits per heavy atom. The van der Waals surface area contributed by atoms with Gasteiger partial charge in [-0.25, -0.2) is 9.18 Å². The normalized spacial score (nSPS) is 18.9. The van der Waals surface area contributed by atoms with Gasteiger partial charge in [0.2, 0.25) is 0 Å². The minimum absolute atomic E-state index is 0.0822. The Morgan fingerprint density at radius 3 is 2.18 bits per heavy atom. The largest absolute Gasteiger partial charge is 0.489 e. The Labute approximate surface area is 193 Å². The summed E-state index contributed by atoms with van der Waals surface area (Å²) in [7, 11) is 0. The van der Waals surface area contributed by atoms with Gasteiger partial charge in [-0.15, -0.1) is 0 Å². The molecule has 3 aromatic rings. The zero-order valence-corrected chi connectivity index (χ0v) is 18.5. The van der Waals surface area contributed by atoms with E-state index in [1.54, 1.807) is 0 Å². The summed E-state index contributed by atoms with van der Waals surface area (Å²) < 4.78 is 20.9. The summed E-state index contributed by atoms with van der Waals surface area (Å²) in [6.07, 6.45) is 3.76. The molecule has 1 saturated carbocycles. The Kier molecular flexibility index (Phi) is 6.14. The van der Waals surface area contributed by atoms with Crippen molar-refractivity contribution in [2.75, 3.05) is 13.1 Å². The van der Waals surface area contributed by atoms with Gasteiger partial charge in [0.25, 0.3) is 0 Å². The van der Waals surface area contributed by atoms with Gasteiger partial charge in [-0.1, -0.05) is 60.7 Å². The molecule has 0 radical (unpaired) electrons. The number of piperidine rings is 1. The number of carboxylic acids is 1. The predicted octanol–water partition coefficient (Wildman–Crippen LogP) is 6.03. The molecule has 5 rings (SSSR count). The number of nitrogens with zero attached hydrogens (tertiary/aromatic N) is 1. The van der Waals surface area contributed by atoms with Crippen LogP contribution in [0.3, 0.4) is 0 Å². The SMILES string of the molecule is O=C(O)c1cc(C2CC2)c(OC2CCCN(C(c3ccccc3)c3ccccc3)C2)cc1F. The van der Waals surface area contributed by atoms with E-state index in [-0.39, 0.29) is 23.6 Å². The molecule has 33 heavy (non-hydrogen) atoms. The highest BCUT2D eigenvalue weighted by atomic mass is 19.1. The van der Waals surface area contributed by atoms with Crippen molar-refractivity contribution in [3.8, 4) is 5.75 Å². The van der Waals surface area contributed by atoms with Gasteiger partial charge in [-0.2, -0.15) is 0 Å². The van der Waals surface area contributed by atoms with Crippen LogP contribution in [0, 0.1) is 5.82 Å². The lowest BCUT2D eigenvalue weighted by molar-refractivity contribution is 0.0684. The van der Waals surface area contributed by atoms with E-state index in [0.717, 1.165) is 44.3 Å². The van der Waals surface area contributed by atoms with Crippen molar-refractivity contribution in [3.05, 3.63) is 101 Å². The maximum atomic E-state index is 14.5. The summed E-state index contributed by atoms with van der Waals surface area (Å²) in [4.78, 5) is 13.9. The fourth-order valence-corrected chi connectivity index (χ4v) is 4.91. The first kappa shape index (κ1) is 21.7. The fourth-order valence-electron chi connectivity index (χ4n) is 4.91. The lowest BCUT2D eigenvalue weighted by Crippen LogP contribution is -2.43. The molecule has 0 bridgehead atoms. The van der Waals surface area contributed by atoms with Crippen molar-refractivity contribution < 1.29 is 19.0 Å². The minimum atomic E-state index is -1.24. The van der Waals surface area contributed by atoms with E-state index < -0.39 is 11.8 Å². The van der Waals surface area contributed by atoms with Gasteiger partial charge in [0.1, 0.15) is 17.7 Å². The third-order valence-electron chi connectivity index (χ3n) is 6.65. The van der Waals surface area contributed by atoms with E-state index in [1.165, 1.54) is 23.3 Å². The van der Waals surface area contributed by atoms with Crippen LogP contribution in [0.4, 0.5) is 4.39 Å². The molecule has 5 heteroatoms. The molecular formula is C28H28FNO3. The molecular weight excluding hydrogens is 417 g/mol. The van der Waals surface area contributed by atoms with E-state index in [9.17, 15) is 14.3 Å². The van der Waals surface area contributed by atoms with Gasteiger partial charge >= 0.3 is 5.97 Å². The summed E-state index contributed by atoms with van der Waals surface area (Å²) in [6.45, 7) is 1.68. The molecule has 1 N–H and O–H groups in total. The zero-order valence-electron chi connectivity index (χ0n) is 18.5. The van der Waals surface area contributed by atoms with Gasteiger partial charge in [0, 0.05) is 12.6 Å². The molecule has 1 heterocycles. The summed E-state index contributed by atoms with van der Waals surface area (Å²) in [6, 6.07) is 23.8. The van der Waals surface area contributed by atoms with Gasteiger partial charge in [0.05, 0.1) is 11.6 Å². The second kappa shape index (κ2) is 9.36. The highest BCUT2D eigenvalue weighted by molar-refractivity contribution is 5.88. The van der Waals surface area contributed by atoms with Crippen molar-refractivity contribution in [1.82, 2.24) is 4.90 Å². The molecule has 0 amide bonds. The van der Waals surface area contributed by atoms with Crippen LogP contribution in [0.5, 0.6) is 5.75 Å². The first-order chi connectivity index (χ1) is 16.1. The lowest BCUT2D eigenvalue weighted by Gasteiger charge is -2.39. The fraction of sp³-hybridized carbons (Fsp3) is 0.321. The van der Waals surface area contributed by atoms with Crippen LogP contribution in [-0.2, 0) is 0 Å². The number of hydrogen-bond donors (Lipinski definition) is 1. The van der Waals surface area contributed by atoms with Crippen LogP contribution in [0.25, 0.3) is 0 Å². The molecule has 1 aliphatic heterocycles. The average molecular weight is 446 g/mol. The third-order valence-corrected chi connectivity index (χ3v) is 6.65. The molecule has 4 nitrogen and oxygen atoms in total. The van der Waals surface area contributed by atoms with E-state index in [1.807, 2.05) is 12.1 Å². The number of benzene rings is 3. The Balaban J connectivity index is 1.41. The van der Waals surface area contributed by atoms with Crippen molar-refractivity contribution in [1.29, 1.82) is 0 Å². The average Bonchev–Trinajstić information content (AvgIpc) is 3.66. The number of carboxylic acid groups (broad SMARTS) is 1. The predicted molar refractivity (Wildman–Crippen MR) is 125 cm³/mol. The summed E-state index contributed by atoms with van der Waals surface area (Å²) >= 11 is 0.